The molecule has 0 radical (unpaired) electrons. The maximum absolute atomic E-state index is 10.9. The number of hydrogen-bond acceptors (Lipinski definition) is 6. The minimum atomic E-state index is -1.10. The summed E-state index contributed by atoms with van der Waals surface area (Å²) >= 11 is 1.22. The molecule has 3 N–H and O–H groups in total. The van der Waals surface area contributed by atoms with E-state index in [0.717, 1.165) is 0 Å². The van der Waals surface area contributed by atoms with E-state index in [2.05, 4.69) is 9.72 Å². The maximum Gasteiger partial charge on any atom is 0.337 e. The minimum Gasteiger partial charge on any atom is -0.478 e. The van der Waals surface area contributed by atoms with Crippen molar-refractivity contribution in [3.63, 3.8) is 0 Å². The summed E-state index contributed by atoms with van der Waals surface area (Å²) in [5.41, 5.74) is 5.79. The molecule has 0 spiro atoms. The number of pyridine rings is 1. The van der Waals surface area contributed by atoms with Gasteiger partial charge in [-0.1, -0.05) is 0 Å². The number of thioether (sulfide) groups is 1. The topological polar surface area (TPSA) is 103 Å². The average Bonchev–Trinajstić information content (AvgIpc) is 2.30. The first-order valence-electron chi connectivity index (χ1n) is 4.73. The third kappa shape index (κ3) is 3.63. The molecule has 0 amide bonds. The minimum absolute atomic E-state index is 0.0144. The molecule has 92 valence electrons. The van der Waals surface area contributed by atoms with Crippen molar-refractivity contribution < 1.29 is 19.4 Å². The molecule has 0 aliphatic carbocycles. The summed E-state index contributed by atoms with van der Waals surface area (Å²) in [5, 5.41) is 9.26. The molecule has 7 heteroatoms. The molecule has 0 atom stereocenters. The van der Waals surface area contributed by atoms with Crippen molar-refractivity contribution in [2.45, 2.75) is 11.4 Å². The van der Waals surface area contributed by atoms with Crippen LogP contribution >= 0.6 is 11.8 Å². The molecule has 0 unspecified atom stereocenters. The zero-order valence-corrected chi connectivity index (χ0v) is 9.99. The highest BCUT2D eigenvalue weighted by atomic mass is 32.2. The van der Waals surface area contributed by atoms with Gasteiger partial charge >= 0.3 is 11.9 Å². The lowest BCUT2D eigenvalue weighted by molar-refractivity contribution is -0.140. The van der Waals surface area contributed by atoms with Crippen LogP contribution in [0.15, 0.2) is 17.3 Å². The number of ether oxygens (including phenoxy) is 1. The lowest BCUT2D eigenvalue weighted by atomic mass is 10.2. The Balaban J connectivity index is 2.69. The van der Waals surface area contributed by atoms with Crippen molar-refractivity contribution in [1.82, 2.24) is 4.98 Å². The Bertz CT molecular complexity index is 436. The number of methoxy groups -OCH3 is 1. The van der Waals surface area contributed by atoms with Gasteiger partial charge in [0.2, 0.25) is 0 Å². The van der Waals surface area contributed by atoms with Crippen molar-refractivity contribution in [3.05, 3.63) is 17.8 Å². The first-order valence-corrected chi connectivity index (χ1v) is 5.72. The Hall–Kier alpha value is -1.76. The molecular formula is C10H12N2O4S. The number of anilines is 1. The second kappa shape index (κ2) is 6.09. The molecule has 6 nitrogen and oxygen atoms in total. The Morgan fingerprint density at radius 2 is 2.29 bits per heavy atom. The average molecular weight is 256 g/mol. The molecule has 0 aliphatic heterocycles. The van der Waals surface area contributed by atoms with Crippen molar-refractivity contribution in [2.24, 2.45) is 0 Å². The number of carboxylic acid groups (broad SMARTS) is 1. The first kappa shape index (κ1) is 13.3. The maximum atomic E-state index is 10.9. The lowest BCUT2D eigenvalue weighted by Gasteiger charge is -2.06. The van der Waals surface area contributed by atoms with Crippen molar-refractivity contribution in [1.29, 1.82) is 0 Å². The lowest BCUT2D eigenvalue weighted by Crippen LogP contribution is -2.06. The van der Waals surface area contributed by atoms with E-state index in [0.29, 0.717) is 10.8 Å². The van der Waals surface area contributed by atoms with Gasteiger partial charge in [0.1, 0.15) is 5.03 Å². The Kier molecular flexibility index (Phi) is 4.77. The fourth-order valence-corrected chi connectivity index (χ4v) is 1.95. The van der Waals surface area contributed by atoms with Crippen LogP contribution in [0.1, 0.15) is 16.8 Å². The predicted molar refractivity (Wildman–Crippen MR) is 63.0 cm³/mol. The van der Waals surface area contributed by atoms with Gasteiger partial charge in [0, 0.05) is 11.9 Å². The largest absolute Gasteiger partial charge is 0.478 e. The number of esters is 1. The van der Waals surface area contributed by atoms with Crippen molar-refractivity contribution in [3.8, 4) is 0 Å². The molecule has 0 fully saturated rings. The van der Waals surface area contributed by atoms with Crippen LogP contribution in [0.2, 0.25) is 0 Å². The van der Waals surface area contributed by atoms with Gasteiger partial charge in [0.15, 0.2) is 0 Å². The van der Waals surface area contributed by atoms with E-state index in [9.17, 15) is 9.59 Å². The van der Waals surface area contributed by atoms with E-state index in [1.165, 1.54) is 31.1 Å². The van der Waals surface area contributed by atoms with E-state index in [1.54, 1.807) is 0 Å². The summed E-state index contributed by atoms with van der Waals surface area (Å²) < 4.78 is 4.48. The normalized spacial score (nSPS) is 9.94. The van der Waals surface area contributed by atoms with Gasteiger partial charge in [0.25, 0.3) is 0 Å². The van der Waals surface area contributed by atoms with Crippen LogP contribution in [-0.2, 0) is 9.53 Å². The van der Waals surface area contributed by atoms with E-state index < -0.39 is 5.97 Å². The summed E-state index contributed by atoms with van der Waals surface area (Å²) in [6, 6.07) is 1.34. The van der Waals surface area contributed by atoms with Crippen LogP contribution in [0.4, 0.5) is 5.69 Å². The number of nitrogen functional groups attached to an aromatic ring is 1. The highest BCUT2D eigenvalue weighted by Crippen LogP contribution is 2.25. The molecule has 1 aromatic heterocycles. The second-order valence-electron chi connectivity index (χ2n) is 3.06. The van der Waals surface area contributed by atoms with E-state index in [-0.39, 0.29) is 23.6 Å². The fraction of sp³-hybridized carbons (Fsp3) is 0.300. The number of nitrogens with two attached hydrogens (primary N) is 1. The molecule has 0 saturated heterocycles. The molecular weight excluding hydrogens is 244 g/mol. The monoisotopic (exact) mass is 256 g/mol. The molecule has 0 aromatic carbocycles. The first-order chi connectivity index (χ1) is 8.06. The Morgan fingerprint density at radius 1 is 1.59 bits per heavy atom. The molecule has 0 aliphatic rings. The standard InChI is InChI=1S/C10H12N2O4S/c1-16-7(13)3-5-17-9-8(11)6(10(14)15)2-4-12-9/h2,4H,3,5,11H2,1H3,(H,14,15). The molecule has 0 bridgehead atoms. The molecule has 1 rings (SSSR count). The summed E-state index contributed by atoms with van der Waals surface area (Å²) in [4.78, 5) is 25.7. The van der Waals surface area contributed by atoms with Crippen LogP contribution in [0.25, 0.3) is 0 Å². The number of carbonyl (C=O) groups excluding carboxylic acids is 1. The third-order valence-corrected chi connectivity index (χ3v) is 2.96. The van der Waals surface area contributed by atoms with E-state index in [4.69, 9.17) is 10.8 Å². The van der Waals surface area contributed by atoms with E-state index >= 15 is 0 Å². The third-order valence-electron chi connectivity index (χ3n) is 1.96. The zero-order valence-electron chi connectivity index (χ0n) is 9.17. The van der Waals surface area contributed by atoms with Crippen LogP contribution in [0, 0.1) is 0 Å². The van der Waals surface area contributed by atoms with Gasteiger partial charge in [-0.25, -0.2) is 9.78 Å². The summed E-state index contributed by atoms with van der Waals surface area (Å²) in [7, 11) is 1.31. The van der Waals surface area contributed by atoms with Crippen LogP contribution in [0.5, 0.6) is 0 Å². The number of nitrogens with zero attached hydrogens (tertiary/aromatic N) is 1. The zero-order chi connectivity index (χ0) is 12.8. The van der Waals surface area contributed by atoms with Crippen molar-refractivity contribution in [2.75, 3.05) is 18.6 Å². The van der Waals surface area contributed by atoms with Crippen LogP contribution in [-0.4, -0.2) is 34.9 Å². The highest BCUT2D eigenvalue weighted by molar-refractivity contribution is 7.99. The van der Waals surface area contributed by atoms with Gasteiger partial charge in [0.05, 0.1) is 24.8 Å². The number of aromatic carboxylic acids is 1. The Morgan fingerprint density at radius 3 is 2.88 bits per heavy atom. The van der Waals surface area contributed by atoms with Crippen LogP contribution in [0.3, 0.4) is 0 Å². The summed E-state index contributed by atoms with van der Waals surface area (Å²) in [5.74, 6) is -0.988. The number of carboxylic acids is 1. The SMILES string of the molecule is COC(=O)CCSc1nccc(C(=O)O)c1N. The summed E-state index contributed by atoms with van der Waals surface area (Å²) in [6.45, 7) is 0. The molecule has 1 aromatic rings. The summed E-state index contributed by atoms with van der Waals surface area (Å²) in [6.07, 6.45) is 1.60. The van der Waals surface area contributed by atoms with Gasteiger partial charge in [-0.3, -0.25) is 4.79 Å². The molecule has 17 heavy (non-hydrogen) atoms. The van der Waals surface area contributed by atoms with Gasteiger partial charge in [-0.2, -0.15) is 0 Å². The smallest absolute Gasteiger partial charge is 0.337 e. The van der Waals surface area contributed by atoms with Gasteiger partial charge in [-0.15, -0.1) is 11.8 Å². The number of carbonyl (C=O) groups is 2. The van der Waals surface area contributed by atoms with Gasteiger partial charge in [-0.05, 0) is 6.07 Å². The number of aromatic nitrogens is 1. The molecule has 0 saturated carbocycles. The van der Waals surface area contributed by atoms with Gasteiger partial charge < -0.3 is 15.6 Å². The number of rotatable bonds is 5. The van der Waals surface area contributed by atoms with Crippen LogP contribution < -0.4 is 5.73 Å². The second-order valence-corrected chi connectivity index (χ2v) is 4.14. The quantitative estimate of drug-likeness (QED) is 0.598. The fourth-order valence-electron chi connectivity index (χ4n) is 1.09. The van der Waals surface area contributed by atoms with E-state index in [1.807, 2.05) is 0 Å². The number of hydrogen-bond donors (Lipinski definition) is 2. The molecule has 1 heterocycles. The Labute approximate surface area is 102 Å². The predicted octanol–water partition coefficient (Wildman–Crippen LogP) is 1.02. The van der Waals surface area contributed by atoms with Crippen molar-refractivity contribution >= 4 is 29.4 Å². The highest BCUT2D eigenvalue weighted by Gasteiger charge is 2.12.